The molecular weight excluding hydrogens is 844 g/mol. The summed E-state index contributed by atoms with van der Waals surface area (Å²) in [7, 11) is 3.26. The van der Waals surface area contributed by atoms with E-state index in [1.54, 1.807) is 14.2 Å². The fourth-order valence-corrected chi connectivity index (χ4v) is 6.48. The summed E-state index contributed by atoms with van der Waals surface area (Å²) >= 11 is 0. The Labute approximate surface area is 413 Å². The zero-order valence-electron chi connectivity index (χ0n) is 40.9. The van der Waals surface area contributed by atoms with E-state index < -0.39 is 0 Å². The van der Waals surface area contributed by atoms with Crippen molar-refractivity contribution < 1.29 is 80.7 Å². The Morgan fingerprint density at radius 3 is 1.05 bits per heavy atom. The van der Waals surface area contributed by atoms with Crippen molar-refractivity contribution >= 4 is 11.4 Å². The molecule has 2 aliphatic heterocycles. The predicted octanol–water partition coefficient (Wildman–Crippen LogP) is 9.73. The van der Waals surface area contributed by atoms with E-state index in [0.717, 1.165) is 71.6 Å². The Morgan fingerprint density at radius 1 is 0.500 bits per heavy atom. The SMILES string of the molecule is C1CCOC1.C1CCOC1.COc1ccccc1[N-]Cc1cc(C(C)(C)C)cc(C(C)(C)C)c1[O-].COc1ccccc1[N-]Cc1cc(C(C)(C)C)cc(C(C)(C)C)c1[O-].[Li+].[Y+3]. The van der Waals surface area contributed by atoms with Crippen LogP contribution in [0.4, 0.5) is 11.4 Å². The molecule has 0 amide bonds. The van der Waals surface area contributed by atoms with Crippen molar-refractivity contribution in [1.29, 1.82) is 0 Å². The van der Waals surface area contributed by atoms with Gasteiger partial charge in [-0.05, 0) is 70.6 Å². The number of rotatable bonds is 8. The van der Waals surface area contributed by atoms with Crippen molar-refractivity contribution in [1.82, 2.24) is 0 Å². The van der Waals surface area contributed by atoms with Gasteiger partial charge in [0.05, 0.1) is 14.2 Å². The third kappa shape index (κ3) is 18.4. The largest absolute Gasteiger partial charge is 3.00 e. The third-order valence-electron chi connectivity index (χ3n) is 10.3. The molecule has 2 saturated heterocycles. The van der Waals surface area contributed by atoms with E-state index >= 15 is 0 Å². The van der Waals surface area contributed by atoms with Crippen LogP contribution in [-0.2, 0) is 76.9 Å². The predicted molar refractivity (Wildman–Crippen MR) is 246 cm³/mol. The van der Waals surface area contributed by atoms with Gasteiger partial charge in [0.2, 0.25) is 0 Å². The molecule has 0 atom stereocenters. The van der Waals surface area contributed by atoms with Gasteiger partial charge in [-0.2, -0.15) is 0 Å². The molecule has 10 heteroatoms. The molecule has 4 aromatic carbocycles. The van der Waals surface area contributed by atoms with E-state index in [-0.39, 0.29) is 84.7 Å². The van der Waals surface area contributed by atoms with Gasteiger partial charge in [-0.15, -0.1) is 24.6 Å². The standard InChI is InChI=1S/2C22H30NO2.2C4H8O.Li.Y/c2*1-21(2,3)16-12-15(20(24)17(13-16)22(4,5)6)14-23-18-10-8-9-11-19(18)25-7;2*1-2-4-5-3-1;;/h2*8-13,24H,14H2,1-7H3;2*1-4H2;;/q2*-1;;;+1;+3/p-2. The summed E-state index contributed by atoms with van der Waals surface area (Å²) in [5.74, 6) is 1.63. The molecule has 0 unspecified atom stereocenters. The quantitative estimate of drug-likeness (QED) is 0.163. The van der Waals surface area contributed by atoms with Crippen LogP contribution in [0.1, 0.15) is 142 Å². The van der Waals surface area contributed by atoms with E-state index in [4.69, 9.17) is 18.9 Å². The molecule has 0 aliphatic carbocycles. The number of benzene rings is 4. The fourth-order valence-electron chi connectivity index (χ4n) is 6.48. The van der Waals surface area contributed by atoms with Crippen molar-refractivity contribution in [2.24, 2.45) is 0 Å². The Bertz CT molecular complexity index is 1760. The Kier molecular flexibility index (Phi) is 24.3. The molecule has 0 spiro atoms. The minimum Gasteiger partial charge on any atom is -0.872 e. The number of nitrogens with zero attached hydrogens (tertiary/aromatic N) is 2. The second-order valence-electron chi connectivity index (χ2n) is 19.6. The van der Waals surface area contributed by atoms with Gasteiger partial charge in [0.25, 0.3) is 0 Å². The van der Waals surface area contributed by atoms with Gasteiger partial charge < -0.3 is 39.8 Å². The zero-order valence-corrected chi connectivity index (χ0v) is 43.8. The Balaban J connectivity index is 0.000000490. The molecule has 2 aliphatic rings. The van der Waals surface area contributed by atoms with Crippen LogP contribution in [0.5, 0.6) is 23.0 Å². The average molecular weight is 919 g/mol. The summed E-state index contributed by atoms with van der Waals surface area (Å²) in [6.07, 6.45) is 5.11. The Hall–Kier alpha value is -2.70. The molecule has 0 bridgehead atoms. The van der Waals surface area contributed by atoms with E-state index in [0.29, 0.717) is 13.1 Å². The second kappa shape index (κ2) is 26.3. The maximum absolute atomic E-state index is 13.0. The first kappa shape index (κ1) is 57.3. The molecular formula is C52H74LiN2O6Y. The number of para-hydroxylation sites is 4. The maximum atomic E-state index is 13.0. The zero-order chi connectivity index (χ0) is 44.7. The van der Waals surface area contributed by atoms with Gasteiger partial charge in [-0.25, -0.2) is 0 Å². The van der Waals surface area contributed by atoms with Crippen LogP contribution in [0, 0.1) is 0 Å². The minimum atomic E-state index is -0.197. The van der Waals surface area contributed by atoms with E-state index in [1.165, 1.54) is 36.8 Å². The van der Waals surface area contributed by atoms with Crippen LogP contribution < -0.4 is 38.5 Å². The van der Waals surface area contributed by atoms with E-state index in [2.05, 4.69) is 106 Å². The smallest absolute Gasteiger partial charge is 0.872 e. The van der Waals surface area contributed by atoms with Crippen LogP contribution in [0.15, 0.2) is 72.8 Å². The molecule has 6 rings (SSSR count). The second-order valence-corrected chi connectivity index (χ2v) is 19.6. The maximum Gasteiger partial charge on any atom is 3.00 e. The van der Waals surface area contributed by atoms with Crippen LogP contribution >= 0.6 is 0 Å². The monoisotopic (exact) mass is 918 g/mol. The molecule has 62 heavy (non-hydrogen) atoms. The fraction of sp³-hybridized carbons (Fsp3) is 0.538. The van der Waals surface area contributed by atoms with Crippen LogP contribution in [0.2, 0.25) is 0 Å². The van der Waals surface area contributed by atoms with Crippen molar-refractivity contribution in [3.8, 4) is 23.0 Å². The van der Waals surface area contributed by atoms with Gasteiger partial charge in [0.1, 0.15) is 11.5 Å². The van der Waals surface area contributed by atoms with E-state index in [9.17, 15) is 10.2 Å². The first-order valence-electron chi connectivity index (χ1n) is 21.5. The number of hydrogen-bond donors (Lipinski definition) is 0. The van der Waals surface area contributed by atoms with Crippen LogP contribution in [-0.4, -0.2) is 40.6 Å². The van der Waals surface area contributed by atoms with Crippen molar-refractivity contribution in [2.75, 3.05) is 40.6 Å². The normalized spacial score (nSPS) is 13.6. The molecule has 0 radical (unpaired) electrons. The minimum absolute atomic E-state index is 0. The average Bonchev–Trinajstić information content (AvgIpc) is 3.97. The van der Waals surface area contributed by atoms with E-state index in [1.807, 2.05) is 60.7 Å². The van der Waals surface area contributed by atoms with Gasteiger partial charge in [0.15, 0.2) is 0 Å². The summed E-state index contributed by atoms with van der Waals surface area (Å²) in [5.41, 5.74) is 6.62. The molecule has 2 heterocycles. The van der Waals surface area contributed by atoms with Crippen molar-refractivity contribution in [3.05, 3.63) is 117 Å². The molecule has 8 nitrogen and oxygen atoms in total. The first-order valence-corrected chi connectivity index (χ1v) is 21.5. The summed E-state index contributed by atoms with van der Waals surface area (Å²) < 4.78 is 20.6. The molecule has 2 fully saturated rings. The summed E-state index contributed by atoms with van der Waals surface area (Å²) in [6.45, 7) is 30.2. The summed E-state index contributed by atoms with van der Waals surface area (Å²) in [4.78, 5) is 0. The van der Waals surface area contributed by atoms with Gasteiger partial charge in [-0.1, -0.05) is 177 Å². The van der Waals surface area contributed by atoms with Crippen LogP contribution in [0.25, 0.3) is 10.6 Å². The van der Waals surface area contributed by atoms with Crippen molar-refractivity contribution in [2.45, 2.75) is 144 Å². The van der Waals surface area contributed by atoms with Gasteiger partial charge >= 0.3 is 51.6 Å². The first-order chi connectivity index (χ1) is 28.1. The van der Waals surface area contributed by atoms with Crippen molar-refractivity contribution in [3.63, 3.8) is 0 Å². The molecule has 0 N–H and O–H groups in total. The number of ether oxygens (including phenoxy) is 4. The number of hydrogen-bond acceptors (Lipinski definition) is 6. The molecule has 4 aromatic rings. The van der Waals surface area contributed by atoms with Gasteiger partial charge in [0, 0.05) is 26.4 Å². The molecule has 332 valence electrons. The molecule has 0 aromatic heterocycles. The summed E-state index contributed by atoms with van der Waals surface area (Å²) in [5, 5.41) is 35.2. The topological polar surface area (TPSA) is 111 Å². The van der Waals surface area contributed by atoms with Crippen LogP contribution in [0.3, 0.4) is 0 Å². The number of methoxy groups -OCH3 is 2. The third-order valence-corrected chi connectivity index (χ3v) is 10.3. The molecule has 0 saturated carbocycles. The van der Waals surface area contributed by atoms with Gasteiger partial charge in [-0.3, -0.25) is 0 Å². The Morgan fingerprint density at radius 2 is 0.806 bits per heavy atom. The summed E-state index contributed by atoms with van der Waals surface area (Å²) in [6, 6.07) is 23.4.